The van der Waals surface area contributed by atoms with Crippen LogP contribution in [0.5, 0.6) is 0 Å². The Morgan fingerprint density at radius 2 is 1.69 bits per heavy atom. The Morgan fingerprint density at radius 1 is 1.03 bits per heavy atom. The van der Waals surface area contributed by atoms with Gasteiger partial charge in [0.05, 0.1) is 48.8 Å². The standard InChI is InChI=1S/C30H31N5O4/c1-19-15-24(20(2)31-26-10-6-5-9-23(26)29(37)38)27-25(16-19)28(36)35(34-11-13-39-14-12-34)30(32-27)33-17-21-7-3-4-8-22(21)18-33/h3-10,15-16,20,31H,11-14,17-18H2,1-2H3,(H,37,38)/t20-/m1/s1. The summed E-state index contributed by atoms with van der Waals surface area (Å²) < 4.78 is 7.31. The van der Waals surface area contributed by atoms with Crippen LogP contribution in [0.15, 0.2) is 65.5 Å². The number of benzene rings is 3. The molecule has 1 aromatic heterocycles. The SMILES string of the molecule is Cc1cc([C@@H](C)Nc2ccccc2C(=O)O)c2nc(N3Cc4ccccc4C3)n(N3CCOCC3)c(=O)c2c1. The normalized spacial score (nSPS) is 15.8. The largest absolute Gasteiger partial charge is 0.478 e. The first-order valence-corrected chi connectivity index (χ1v) is 13.2. The lowest BCUT2D eigenvalue weighted by Crippen LogP contribution is -2.50. The van der Waals surface area contributed by atoms with Crippen molar-refractivity contribution in [3.63, 3.8) is 0 Å². The van der Waals surface area contributed by atoms with Crippen molar-refractivity contribution >= 4 is 28.5 Å². The first-order chi connectivity index (χ1) is 18.9. The number of carboxylic acids is 1. The Balaban J connectivity index is 1.50. The van der Waals surface area contributed by atoms with Crippen LogP contribution in [0.1, 0.15) is 45.6 Å². The summed E-state index contributed by atoms with van der Waals surface area (Å²) in [6, 6.07) is 18.8. The maximum Gasteiger partial charge on any atom is 0.337 e. The molecule has 2 aliphatic heterocycles. The minimum atomic E-state index is -0.998. The number of carbonyl (C=O) groups is 1. The zero-order chi connectivity index (χ0) is 27.1. The van der Waals surface area contributed by atoms with E-state index in [9.17, 15) is 14.7 Å². The second kappa shape index (κ2) is 10.1. The minimum Gasteiger partial charge on any atom is -0.478 e. The summed E-state index contributed by atoms with van der Waals surface area (Å²) in [5.74, 6) is -0.393. The lowest BCUT2D eigenvalue weighted by molar-refractivity contribution is 0.0698. The molecule has 1 saturated heterocycles. The molecule has 39 heavy (non-hydrogen) atoms. The number of hydrogen-bond donors (Lipinski definition) is 2. The summed E-state index contributed by atoms with van der Waals surface area (Å²) in [5, 5.41) is 15.6. The van der Waals surface area contributed by atoms with Crippen molar-refractivity contribution in [2.45, 2.75) is 33.0 Å². The van der Waals surface area contributed by atoms with Gasteiger partial charge in [-0.3, -0.25) is 4.79 Å². The van der Waals surface area contributed by atoms with Gasteiger partial charge in [0.1, 0.15) is 0 Å². The number of anilines is 2. The number of aromatic carboxylic acids is 1. The molecule has 2 aliphatic rings. The lowest BCUT2D eigenvalue weighted by atomic mass is 10.0. The summed E-state index contributed by atoms with van der Waals surface area (Å²) >= 11 is 0. The smallest absolute Gasteiger partial charge is 0.337 e. The van der Waals surface area contributed by atoms with Gasteiger partial charge in [0.25, 0.3) is 5.56 Å². The molecule has 1 atom stereocenters. The van der Waals surface area contributed by atoms with Gasteiger partial charge < -0.3 is 25.1 Å². The lowest BCUT2D eigenvalue weighted by Gasteiger charge is -2.34. The number of rotatable bonds is 6. The number of hydrogen-bond acceptors (Lipinski definition) is 7. The van der Waals surface area contributed by atoms with E-state index in [0.717, 1.165) is 11.1 Å². The summed E-state index contributed by atoms with van der Waals surface area (Å²) in [7, 11) is 0. The van der Waals surface area contributed by atoms with Crippen molar-refractivity contribution in [3.05, 3.63) is 98.8 Å². The third-order valence-electron chi connectivity index (χ3n) is 7.50. The van der Waals surface area contributed by atoms with E-state index in [1.807, 2.05) is 43.1 Å². The molecule has 1 fully saturated rings. The summed E-state index contributed by atoms with van der Waals surface area (Å²) in [6.07, 6.45) is 0. The molecule has 3 heterocycles. The zero-order valence-electron chi connectivity index (χ0n) is 22.1. The van der Waals surface area contributed by atoms with Gasteiger partial charge in [-0.05, 0) is 48.7 Å². The van der Waals surface area contributed by atoms with Gasteiger partial charge >= 0.3 is 5.97 Å². The summed E-state index contributed by atoms with van der Waals surface area (Å²) in [6.45, 7) is 7.56. The van der Waals surface area contributed by atoms with E-state index in [1.165, 1.54) is 11.1 Å². The molecule has 0 unspecified atom stereocenters. The number of para-hydroxylation sites is 1. The fourth-order valence-corrected chi connectivity index (χ4v) is 5.57. The Bertz CT molecular complexity index is 1600. The maximum atomic E-state index is 14.2. The molecule has 200 valence electrons. The van der Waals surface area contributed by atoms with Crippen LogP contribution in [0.25, 0.3) is 10.9 Å². The van der Waals surface area contributed by atoms with Gasteiger partial charge in [-0.25, -0.2) is 9.78 Å². The molecule has 9 nitrogen and oxygen atoms in total. The van der Waals surface area contributed by atoms with Crippen LogP contribution < -0.4 is 20.8 Å². The van der Waals surface area contributed by atoms with Crippen LogP contribution in [0, 0.1) is 6.92 Å². The van der Waals surface area contributed by atoms with Crippen molar-refractivity contribution in [1.29, 1.82) is 0 Å². The van der Waals surface area contributed by atoms with E-state index in [-0.39, 0.29) is 17.2 Å². The predicted molar refractivity (Wildman–Crippen MR) is 151 cm³/mol. The number of aryl methyl sites for hydroxylation is 1. The van der Waals surface area contributed by atoms with Gasteiger partial charge in [0, 0.05) is 24.3 Å². The minimum absolute atomic E-state index is 0.115. The fourth-order valence-electron chi connectivity index (χ4n) is 5.57. The summed E-state index contributed by atoms with van der Waals surface area (Å²) in [4.78, 5) is 33.4. The van der Waals surface area contributed by atoms with Gasteiger partial charge in [0.15, 0.2) is 0 Å². The third kappa shape index (κ3) is 4.59. The Kier molecular flexibility index (Phi) is 6.44. The molecule has 2 N–H and O–H groups in total. The van der Waals surface area contributed by atoms with Crippen LogP contribution >= 0.6 is 0 Å². The number of nitrogens with one attached hydrogen (secondary N) is 1. The van der Waals surface area contributed by atoms with Gasteiger partial charge in [-0.1, -0.05) is 42.5 Å². The van der Waals surface area contributed by atoms with Crippen molar-refractivity contribution in [1.82, 2.24) is 9.66 Å². The first-order valence-electron chi connectivity index (χ1n) is 13.2. The number of ether oxygens (including phenoxy) is 1. The van der Waals surface area contributed by atoms with Crippen molar-refractivity contribution in [2.75, 3.05) is 41.5 Å². The van der Waals surface area contributed by atoms with E-state index in [4.69, 9.17) is 9.72 Å². The van der Waals surface area contributed by atoms with Gasteiger partial charge in [0.2, 0.25) is 5.95 Å². The zero-order valence-corrected chi connectivity index (χ0v) is 22.1. The number of carboxylic acid groups (broad SMARTS) is 1. The first kappa shape index (κ1) is 24.9. The topological polar surface area (TPSA) is 99.9 Å². The van der Waals surface area contributed by atoms with E-state index < -0.39 is 5.97 Å². The maximum absolute atomic E-state index is 14.2. The van der Waals surface area contributed by atoms with Crippen molar-refractivity contribution < 1.29 is 14.6 Å². The van der Waals surface area contributed by atoms with Crippen LogP contribution in [-0.2, 0) is 17.8 Å². The van der Waals surface area contributed by atoms with Crippen molar-refractivity contribution in [3.8, 4) is 0 Å². The molecular formula is C30H31N5O4. The molecule has 0 radical (unpaired) electrons. The molecule has 0 aliphatic carbocycles. The van der Waals surface area contributed by atoms with Crippen LogP contribution in [0.3, 0.4) is 0 Å². The van der Waals surface area contributed by atoms with Gasteiger partial charge in [-0.15, -0.1) is 0 Å². The molecule has 0 amide bonds. The summed E-state index contributed by atoms with van der Waals surface area (Å²) in [5.41, 5.74) is 5.45. The highest BCUT2D eigenvalue weighted by Gasteiger charge is 2.28. The number of fused-ring (bicyclic) bond motifs is 2. The number of nitrogens with zero attached hydrogens (tertiary/aromatic N) is 4. The molecule has 4 aromatic rings. The monoisotopic (exact) mass is 525 g/mol. The Morgan fingerprint density at radius 3 is 2.38 bits per heavy atom. The van der Waals surface area contributed by atoms with Crippen molar-refractivity contribution in [2.24, 2.45) is 0 Å². The Hall–Kier alpha value is -4.37. The van der Waals surface area contributed by atoms with Crippen LogP contribution in [0.2, 0.25) is 0 Å². The van der Waals surface area contributed by atoms with E-state index in [0.29, 0.717) is 61.9 Å². The molecule has 0 bridgehead atoms. The highest BCUT2D eigenvalue weighted by atomic mass is 16.5. The molecule has 0 saturated carbocycles. The molecular weight excluding hydrogens is 494 g/mol. The van der Waals surface area contributed by atoms with Crippen LogP contribution in [0.4, 0.5) is 11.6 Å². The quantitative estimate of drug-likeness (QED) is 0.389. The molecule has 6 rings (SSSR count). The van der Waals surface area contributed by atoms with E-state index in [1.54, 1.807) is 28.9 Å². The average molecular weight is 526 g/mol. The van der Waals surface area contributed by atoms with E-state index in [2.05, 4.69) is 22.3 Å². The molecule has 0 spiro atoms. The van der Waals surface area contributed by atoms with E-state index >= 15 is 0 Å². The Labute approximate surface area is 226 Å². The average Bonchev–Trinajstić information content (AvgIpc) is 3.38. The van der Waals surface area contributed by atoms with Gasteiger partial charge in [-0.2, -0.15) is 4.68 Å². The number of morpholine rings is 1. The predicted octanol–water partition coefficient (Wildman–Crippen LogP) is 4.06. The fraction of sp³-hybridized carbons (Fsp3) is 0.300. The van der Waals surface area contributed by atoms with Crippen LogP contribution in [-0.4, -0.2) is 47.0 Å². The second-order valence-electron chi connectivity index (χ2n) is 10.2. The number of aromatic nitrogens is 2. The highest BCUT2D eigenvalue weighted by molar-refractivity contribution is 5.94. The second-order valence-corrected chi connectivity index (χ2v) is 10.2. The molecule has 9 heteroatoms. The third-order valence-corrected chi connectivity index (χ3v) is 7.50. The highest BCUT2D eigenvalue weighted by Crippen LogP contribution is 2.31. The molecule has 3 aromatic carbocycles.